The van der Waals surface area contributed by atoms with Crippen LogP contribution in [0.4, 0.5) is 10.5 Å². The Morgan fingerprint density at radius 1 is 1.05 bits per heavy atom. The van der Waals surface area contributed by atoms with Crippen LogP contribution in [0, 0.1) is 0 Å². The molecule has 0 spiro atoms. The first-order valence-electron chi connectivity index (χ1n) is 6.22. The molecule has 6 heteroatoms. The smallest absolute Gasteiger partial charge is 0.331 e. The van der Waals surface area contributed by atoms with E-state index in [0.29, 0.717) is 17.0 Å². The molecule has 0 aliphatic carbocycles. The first kappa shape index (κ1) is 14.4. The van der Waals surface area contributed by atoms with Gasteiger partial charge in [0.25, 0.3) is 5.91 Å². The summed E-state index contributed by atoms with van der Waals surface area (Å²) in [6.45, 7) is 0. The van der Waals surface area contributed by atoms with Crippen LogP contribution in [-0.4, -0.2) is 19.0 Å². The van der Waals surface area contributed by atoms with Crippen molar-refractivity contribution in [2.75, 3.05) is 12.1 Å². The van der Waals surface area contributed by atoms with Gasteiger partial charge in [0.05, 0.1) is 7.11 Å². The highest BCUT2D eigenvalue weighted by Crippen LogP contribution is 2.27. The first-order valence-corrected chi connectivity index (χ1v) is 6.22. The maximum Gasteiger partial charge on any atom is 0.331 e. The molecular formula is C15H15N3O3. The predicted octanol–water partition coefficient (Wildman–Crippen LogP) is 1.93. The van der Waals surface area contributed by atoms with E-state index >= 15 is 0 Å². The Balaban J connectivity index is 2.43. The van der Waals surface area contributed by atoms with E-state index in [0.717, 1.165) is 5.01 Å². The van der Waals surface area contributed by atoms with Crippen LogP contribution in [-0.2, 0) is 0 Å². The van der Waals surface area contributed by atoms with E-state index in [2.05, 4.69) is 5.43 Å². The second-order valence-corrected chi connectivity index (χ2v) is 4.15. The number of hydrogen-bond acceptors (Lipinski definition) is 3. The number of methoxy groups -OCH3 is 1. The van der Waals surface area contributed by atoms with Crippen LogP contribution in [0.5, 0.6) is 5.75 Å². The Kier molecular flexibility index (Phi) is 4.40. The van der Waals surface area contributed by atoms with Crippen molar-refractivity contribution in [3.8, 4) is 5.75 Å². The van der Waals surface area contributed by atoms with Crippen molar-refractivity contribution >= 4 is 17.6 Å². The van der Waals surface area contributed by atoms with Crippen molar-refractivity contribution in [3.63, 3.8) is 0 Å². The Labute approximate surface area is 122 Å². The van der Waals surface area contributed by atoms with Crippen molar-refractivity contribution in [1.82, 2.24) is 5.43 Å². The van der Waals surface area contributed by atoms with E-state index < -0.39 is 11.9 Å². The lowest BCUT2D eigenvalue weighted by Crippen LogP contribution is -2.49. The number of nitrogens with two attached hydrogens (primary N) is 1. The molecule has 2 aromatic rings. The molecule has 3 N–H and O–H groups in total. The third-order valence-corrected chi connectivity index (χ3v) is 2.77. The molecule has 2 aromatic carbocycles. The van der Waals surface area contributed by atoms with Gasteiger partial charge < -0.3 is 10.5 Å². The molecule has 21 heavy (non-hydrogen) atoms. The minimum Gasteiger partial charge on any atom is -0.494 e. The SMILES string of the molecule is COc1ccccc1N(NC(N)=O)C(=O)c1ccccc1. The van der Waals surface area contributed by atoms with Gasteiger partial charge in [0.2, 0.25) is 0 Å². The number of nitrogens with zero attached hydrogens (tertiary/aromatic N) is 1. The number of carbonyl (C=O) groups is 2. The van der Waals surface area contributed by atoms with Gasteiger partial charge in [-0.2, -0.15) is 0 Å². The van der Waals surface area contributed by atoms with Crippen LogP contribution in [0.25, 0.3) is 0 Å². The lowest BCUT2D eigenvalue weighted by atomic mass is 10.2. The summed E-state index contributed by atoms with van der Waals surface area (Å²) in [7, 11) is 1.48. The number of para-hydroxylation sites is 2. The minimum atomic E-state index is -0.842. The topological polar surface area (TPSA) is 84.7 Å². The number of nitrogens with one attached hydrogen (secondary N) is 1. The van der Waals surface area contributed by atoms with Gasteiger partial charge in [0, 0.05) is 5.56 Å². The number of primary amides is 1. The number of hydrogen-bond donors (Lipinski definition) is 2. The number of carbonyl (C=O) groups excluding carboxylic acids is 2. The highest BCUT2D eigenvalue weighted by molar-refractivity contribution is 6.07. The molecule has 0 unspecified atom stereocenters. The van der Waals surface area contributed by atoms with Crippen molar-refractivity contribution in [2.24, 2.45) is 5.73 Å². The molecule has 6 nitrogen and oxygen atoms in total. The molecule has 0 heterocycles. The fourth-order valence-corrected chi connectivity index (χ4v) is 1.85. The summed E-state index contributed by atoms with van der Waals surface area (Å²) in [5, 5.41) is 1.07. The molecule has 0 radical (unpaired) electrons. The Morgan fingerprint density at radius 3 is 2.29 bits per heavy atom. The second kappa shape index (κ2) is 6.42. The molecular weight excluding hydrogens is 270 g/mol. The first-order chi connectivity index (χ1) is 10.1. The number of amides is 3. The van der Waals surface area contributed by atoms with E-state index in [1.807, 2.05) is 0 Å². The quantitative estimate of drug-likeness (QED) is 0.845. The van der Waals surface area contributed by atoms with Gasteiger partial charge in [-0.25, -0.2) is 15.2 Å². The molecule has 0 aromatic heterocycles. The molecule has 2 rings (SSSR count). The number of benzene rings is 2. The molecule has 0 bridgehead atoms. The number of anilines is 1. The zero-order valence-electron chi connectivity index (χ0n) is 11.4. The summed E-state index contributed by atoms with van der Waals surface area (Å²) < 4.78 is 5.21. The standard InChI is InChI=1S/C15H15N3O3/c1-21-13-10-6-5-9-12(13)18(17-15(16)20)14(19)11-7-3-2-4-8-11/h2-10H,1H3,(H3,16,17,20). The van der Waals surface area contributed by atoms with E-state index in [-0.39, 0.29) is 0 Å². The largest absolute Gasteiger partial charge is 0.494 e. The molecule has 108 valence electrons. The summed E-state index contributed by atoms with van der Waals surface area (Å²) in [4.78, 5) is 23.7. The van der Waals surface area contributed by atoms with Crippen molar-refractivity contribution in [3.05, 3.63) is 60.2 Å². The van der Waals surface area contributed by atoms with Crippen LogP contribution in [0.2, 0.25) is 0 Å². The van der Waals surface area contributed by atoms with Gasteiger partial charge >= 0.3 is 6.03 Å². The van der Waals surface area contributed by atoms with E-state index in [1.54, 1.807) is 54.6 Å². The van der Waals surface area contributed by atoms with Crippen LogP contribution >= 0.6 is 0 Å². The Morgan fingerprint density at radius 2 is 1.67 bits per heavy atom. The average Bonchev–Trinajstić information content (AvgIpc) is 2.52. The van der Waals surface area contributed by atoms with Crippen molar-refractivity contribution in [1.29, 1.82) is 0 Å². The summed E-state index contributed by atoms with van der Waals surface area (Å²) in [6, 6.07) is 14.5. The third-order valence-electron chi connectivity index (χ3n) is 2.77. The molecule has 0 aliphatic rings. The molecule has 0 saturated heterocycles. The van der Waals surface area contributed by atoms with Crippen molar-refractivity contribution < 1.29 is 14.3 Å². The molecule has 0 fully saturated rings. The monoisotopic (exact) mass is 285 g/mol. The van der Waals surface area contributed by atoms with E-state index in [9.17, 15) is 9.59 Å². The Hall–Kier alpha value is -3.02. The zero-order chi connectivity index (χ0) is 15.2. The molecule has 0 saturated carbocycles. The number of rotatable bonds is 3. The summed E-state index contributed by atoms with van der Waals surface area (Å²) in [6.07, 6.45) is 0. The fourth-order valence-electron chi connectivity index (χ4n) is 1.85. The van der Waals surface area contributed by atoms with E-state index in [1.165, 1.54) is 7.11 Å². The van der Waals surface area contributed by atoms with Gasteiger partial charge in [-0.15, -0.1) is 0 Å². The Bertz CT molecular complexity index is 644. The maximum atomic E-state index is 12.5. The number of urea groups is 1. The maximum absolute atomic E-state index is 12.5. The summed E-state index contributed by atoms with van der Waals surface area (Å²) >= 11 is 0. The van der Waals surface area contributed by atoms with Gasteiger partial charge in [0.1, 0.15) is 11.4 Å². The average molecular weight is 285 g/mol. The van der Waals surface area contributed by atoms with Gasteiger partial charge in [-0.1, -0.05) is 30.3 Å². The summed E-state index contributed by atoms with van der Waals surface area (Å²) in [5.74, 6) is 0.0226. The lowest BCUT2D eigenvalue weighted by molar-refractivity contribution is 0.0975. The van der Waals surface area contributed by atoms with Crippen LogP contribution in [0.3, 0.4) is 0 Å². The predicted molar refractivity (Wildman–Crippen MR) is 79.0 cm³/mol. The van der Waals surface area contributed by atoms with E-state index in [4.69, 9.17) is 10.5 Å². The van der Waals surface area contributed by atoms with Gasteiger partial charge in [-0.05, 0) is 24.3 Å². The van der Waals surface area contributed by atoms with Crippen LogP contribution in [0.1, 0.15) is 10.4 Å². The van der Waals surface area contributed by atoms with Crippen LogP contribution in [0.15, 0.2) is 54.6 Å². The third kappa shape index (κ3) is 3.30. The normalized spacial score (nSPS) is 9.76. The fraction of sp³-hybridized carbons (Fsp3) is 0.0667. The highest BCUT2D eigenvalue weighted by Gasteiger charge is 2.21. The van der Waals surface area contributed by atoms with Gasteiger partial charge in [-0.3, -0.25) is 4.79 Å². The van der Waals surface area contributed by atoms with Gasteiger partial charge in [0.15, 0.2) is 0 Å². The molecule has 0 atom stereocenters. The molecule has 3 amide bonds. The second-order valence-electron chi connectivity index (χ2n) is 4.15. The number of ether oxygens (including phenoxy) is 1. The highest BCUT2D eigenvalue weighted by atomic mass is 16.5. The summed E-state index contributed by atoms with van der Waals surface area (Å²) in [5.41, 5.74) is 8.28. The minimum absolute atomic E-state index is 0.396. The van der Waals surface area contributed by atoms with Crippen molar-refractivity contribution in [2.45, 2.75) is 0 Å². The number of hydrazine groups is 1. The zero-order valence-corrected chi connectivity index (χ0v) is 11.4. The van der Waals surface area contributed by atoms with Crippen LogP contribution < -0.4 is 20.9 Å². The lowest BCUT2D eigenvalue weighted by Gasteiger charge is -2.24. The molecule has 0 aliphatic heterocycles.